The summed E-state index contributed by atoms with van der Waals surface area (Å²) in [6, 6.07) is 5.81. The lowest BCUT2D eigenvalue weighted by Crippen LogP contribution is -2.40. The van der Waals surface area contributed by atoms with Crippen molar-refractivity contribution in [1.82, 2.24) is 4.90 Å². The van der Waals surface area contributed by atoms with E-state index < -0.39 is 0 Å². The topological polar surface area (TPSA) is 46.3 Å². The minimum atomic E-state index is 0. The number of carbonyl (C=O) groups excluding carboxylic acids is 1. The molecule has 2 N–H and O–H groups in total. The molecule has 1 heterocycles. The molecule has 1 aromatic carbocycles. The van der Waals surface area contributed by atoms with Crippen LogP contribution in [0.2, 0.25) is 0 Å². The van der Waals surface area contributed by atoms with E-state index in [1.54, 1.807) is 0 Å². The van der Waals surface area contributed by atoms with Crippen LogP contribution in [0.1, 0.15) is 35.2 Å². The summed E-state index contributed by atoms with van der Waals surface area (Å²) in [7, 11) is 0. The average molecular weight is 362 g/mol. The molecule has 0 saturated carbocycles. The van der Waals surface area contributed by atoms with Crippen LogP contribution < -0.4 is 5.73 Å². The second-order valence-electron chi connectivity index (χ2n) is 5.25. The summed E-state index contributed by atoms with van der Waals surface area (Å²) in [4.78, 5) is 14.6. The number of halogens is 2. The van der Waals surface area contributed by atoms with Gasteiger partial charge in [0.2, 0.25) is 0 Å². The van der Waals surface area contributed by atoms with Gasteiger partial charge in [-0.1, -0.05) is 22.0 Å². The predicted molar refractivity (Wildman–Crippen MR) is 88.4 cm³/mol. The Morgan fingerprint density at radius 3 is 2.95 bits per heavy atom. The van der Waals surface area contributed by atoms with E-state index in [4.69, 9.17) is 5.73 Å². The zero-order valence-corrected chi connectivity index (χ0v) is 14.2. The Balaban J connectivity index is 0.00000200. The van der Waals surface area contributed by atoms with Crippen LogP contribution in [-0.2, 0) is 0 Å². The Labute approximate surface area is 135 Å². The van der Waals surface area contributed by atoms with E-state index in [1.165, 1.54) is 6.42 Å². The lowest BCUT2D eigenvalue weighted by Gasteiger charge is -2.33. The van der Waals surface area contributed by atoms with Gasteiger partial charge in [-0.25, -0.2) is 0 Å². The normalized spacial score (nSPS) is 18.6. The van der Waals surface area contributed by atoms with Gasteiger partial charge in [0, 0.05) is 23.1 Å². The molecule has 0 aliphatic carbocycles. The fourth-order valence-electron chi connectivity index (χ4n) is 2.73. The number of likely N-dealkylation sites (tertiary alicyclic amines) is 1. The minimum Gasteiger partial charge on any atom is -0.338 e. The summed E-state index contributed by atoms with van der Waals surface area (Å²) in [6.45, 7) is 4.41. The third kappa shape index (κ3) is 3.96. The highest BCUT2D eigenvalue weighted by atomic mass is 79.9. The van der Waals surface area contributed by atoms with Gasteiger partial charge in [-0.3, -0.25) is 4.79 Å². The quantitative estimate of drug-likeness (QED) is 0.897. The van der Waals surface area contributed by atoms with E-state index in [0.29, 0.717) is 12.5 Å². The number of carbonyl (C=O) groups is 1. The molecule has 0 bridgehead atoms. The van der Waals surface area contributed by atoms with Crippen LogP contribution in [-0.4, -0.2) is 30.4 Å². The molecule has 5 heteroatoms. The summed E-state index contributed by atoms with van der Waals surface area (Å²) in [6.07, 6.45) is 3.29. The molecular weight excluding hydrogens is 340 g/mol. The fourth-order valence-corrected chi connectivity index (χ4v) is 3.10. The van der Waals surface area contributed by atoms with Crippen molar-refractivity contribution in [3.63, 3.8) is 0 Å². The maximum Gasteiger partial charge on any atom is 0.254 e. The van der Waals surface area contributed by atoms with Gasteiger partial charge in [0.25, 0.3) is 5.91 Å². The van der Waals surface area contributed by atoms with Gasteiger partial charge < -0.3 is 10.6 Å². The van der Waals surface area contributed by atoms with E-state index in [9.17, 15) is 4.79 Å². The second kappa shape index (κ2) is 8.01. The molecule has 1 fully saturated rings. The van der Waals surface area contributed by atoms with E-state index in [0.717, 1.165) is 41.5 Å². The first-order valence-corrected chi connectivity index (χ1v) is 7.67. The van der Waals surface area contributed by atoms with Gasteiger partial charge in [0.15, 0.2) is 0 Å². The van der Waals surface area contributed by atoms with Gasteiger partial charge in [-0.05, 0) is 56.3 Å². The third-order valence-corrected chi connectivity index (χ3v) is 4.74. The number of rotatable bonds is 3. The van der Waals surface area contributed by atoms with Gasteiger partial charge >= 0.3 is 0 Å². The molecule has 2 rings (SSSR count). The third-order valence-electron chi connectivity index (χ3n) is 3.88. The summed E-state index contributed by atoms with van der Waals surface area (Å²) in [5, 5.41) is 0. The van der Waals surface area contributed by atoms with Crippen LogP contribution in [0, 0.1) is 12.8 Å². The van der Waals surface area contributed by atoms with E-state index in [1.807, 2.05) is 30.0 Å². The molecule has 1 aromatic rings. The Kier molecular flexibility index (Phi) is 7.00. The molecule has 0 aromatic heterocycles. The largest absolute Gasteiger partial charge is 0.338 e. The highest BCUT2D eigenvalue weighted by Gasteiger charge is 2.25. The van der Waals surface area contributed by atoms with Crippen molar-refractivity contribution in [3.8, 4) is 0 Å². The minimum absolute atomic E-state index is 0. The number of hydrogen-bond donors (Lipinski definition) is 1. The van der Waals surface area contributed by atoms with Gasteiger partial charge in [0.05, 0.1) is 0 Å². The maximum absolute atomic E-state index is 12.6. The highest BCUT2D eigenvalue weighted by molar-refractivity contribution is 9.10. The zero-order chi connectivity index (χ0) is 13.8. The molecule has 20 heavy (non-hydrogen) atoms. The smallest absolute Gasteiger partial charge is 0.254 e. The summed E-state index contributed by atoms with van der Waals surface area (Å²) < 4.78 is 0.994. The van der Waals surface area contributed by atoms with Crippen molar-refractivity contribution in [2.75, 3.05) is 19.6 Å². The molecule has 1 unspecified atom stereocenters. The standard InChI is InChI=1S/C15H21BrN2O.ClH/c1-11-13(5-2-6-14(11)16)15(19)18-9-3-4-12(10-18)7-8-17;/h2,5-6,12H,3-4,7-10,17H2,1H3;1H. The summed E-state index contributed by atoms with van der Waals surface area (Å²) >= 11 is 3.49. The Hall–Kier alpha value is -0.580. The van der Waals surface area contributed by atoms with Crippen LogP contribution in [0.5, 0.6) is 0 Å². The van der Waals surface area contributed by atoms with Crippen LogP contribution in [0.15, 0.2) is 22.7 Å². The van der Waals surface area contributed by atoms with Gasteiger partial charge in [-0.15, -0.1) is 12.4 Å². The number of benzene rings is 1. The zero-order valence-electron chi connectivity index (χ0n) is 11.8. The van der Waals surface area contributed by atoms with Gasteiger partial charge in [0.1, 0.15) is 0 Å². The molecule has 112 valence electrons. The Morgan fingerprint density at radius 2 is 2.25 bits per heavy atom. The molecule has 1 saturated heterocycles. The molecule has 1 aliphatic heterocycles. The number of hydrogen-bond acceptors (Lipinski definition) is 2. The first-order valence-electron chi connectivity index (χ1n) is 6.88. The lowest BCUT2D eigenvalue weighted by atomic mass is 9.94. The van der Waals surface area contributed by atoms with E-state index >= 15 is 0 Å². The van der Waals surface area contributed by atoms with Crippen molar-refractivity contribution in [3.05, 3.63) is 33.8 Å². The fraction of sp³-hybridized carbons (Fsp3) is 0.533. The number of nitrogens with zero attached hydrogens (tertiary/aromatic N) is 1. The van der Waals surface area contributed by atoms with Crippen LogP contribution in [0.3, 0.4) is 0 Å². The monoisotopic (exact) mass is 360 g/mol. The van der Waals surface area contributed by atoms with Crippen molar-refractivity contribution >= 4 is 34.2 Å². The molecule has 1 atom stereocenters. The second-order valence-corrected chi connectivity index (χ2v) is 6.10. The van der Waals surface area contributed by atoms with Crippen LogP contribution in [0.4, 0.5) is 0 Å². The van der Waals surface area contributed by atoms with E-state index in [2.05, 4.69) is 15.9 Å². The number of amides is 1. The SMILES string of the molecule is Cc1c(Br)cccc1C(=O)N1CCCC(CCN)C1.Cl. The summed E-state index contributed by atoms with van der Waals surface area (Å²) in [5.41, 5.74) is 7.46. The number of piperidine rings is 1. The van der Waals surface area contributed by atoms with Crippen molar-refractivity contribution in [2.45, 2.75) is 26.2 Å². The Morgan fingerprint density at radius 1 is 1.50 bits per heavy atom. The lowest BCUT2D eigenvalue weighted by molar-refractivity contribution is 0.0668. The molecule has 0 spiro atoms. The van der Waals surface area contributed by atoms with Crippen molar-refractivity contribution in [2.24, 2.45) is 11.7 Å². The Bertz CT molecular complexity index is 465. The number of nitrogens with two attached hydrogens (primary N) is 1. The highest BCUT2D eigenvalue weighted by Crippen LogP contribution is 2.24. The van der Waals surface area contributed by atoms with Crippen LogP contribution in [0.25, 0.3) is 0 Å². The van der Waals surface area contributed by atoms with E-state index in [-0.39, 0.29) is 18.3 Å². The predicted octanol–water partition coefficient (Wildman–Crippen LogP) is 3.38. The average Bonchev–Trinajstić information content (AvgIpc) is 2.42. The van der Waals surface area contributed by atoms with Crippen molar-refractivity contribution < 1.29 is 4.79 Å². The molecule has 1 aliphatic rings. The van der Waals surface area contributed by atoms with Crippen molar-refractivity contribution in [1.29, 1.82) is 0 Å². The molecule has 1 amide bonds. The van der Waals surface area contributed by atoms with Crippen LogP contribution >= 0.6 is 28.3 Å². The molecular formula is C15H22BrClN2O. The molecule has 3 nitrogen and oxygen atoms in total. The maximum atomic E-state index is 12.6. The first-order chi connectivity index (χ1) is 9.13. The molecule has 0 radical (unpaired) electrons. The van der Waals surface area contributed by atoms with Gasteiger partial charge in [-0.2, -0.15) is 0 Å². The first kappa shape index (κ1) is 17.5. The summed E-state index contributed by atoms with van der Waals surface area (Å²) in [5.74, 6) is 0.718.